The first-order chi connectivity index (χ1) is 14.4. The number of nitrogens with one attached hydrogen (secondary N) is 3. The van der Waals surface area contributed by atoms with Gasteiger partial charge in [0.05, 0.1) is 35.5 Å². The quantitative estimate of drug-likeness (QED) is 0.365. The number of hydrogen-bond donors (Lipinski definition) is 3. The third-order valence-corrected chi connectivity index (χ3v) is 8.25. The van der Waals surface area contributed by atoms with Crippen LogP contribution in [0.2, 0.25) is 0 Å². The number of anilines is 1. The van der Waals surface area contributed by atoms with Gasteiger partial charge in [-0.15, -0.1) is 0 Å². The molecule has 4 heterocycles. The van der Waals surface area contributed by atoms with E-state index in [9.17, 15) is 0 Å². The number of hydrogen-bond acceptors (Lipinski definition) is 8. The standard InChI is InChI=1S/C21H28N6OS2/c1-14(22)29-19(23)16-11-24-27-17(16)9-15(30-25-20(2)3-4-20)10-18(27)26-7-5-21(6-8-26)12-28-13-21/h9-11,22-23,25H,3-8,12-13H2,1-2H3. The summed E-state index contributed by atoms with van der Waals surface area (Å²) in [5.41, 5.74) is 2.35. The number of fused-ring (bicyclic) bond motifs is 1. The van der Waals surface area contributed by atoms with Crippen molar-refractivity contribution in [1.82, 2.24) is 14.3 Å². The molecule has 3 N–H and O–H groups in total. The smallest absolute Gasteiger partial charge is 0.131 e. The third-order valence-electron chi connectivity index (χ3n) is 6.45. The van der Waals surface area contributed by atoms with Crippen molar-refractivity contribution in [3.05, 3.63) is 23.9 Å². The SMILES string of the molecule is CC(=N)SC(=N)c1cnn2c(N3CCC4(CC3)COC4)cc(SNC3(C)CC3)cc12. The maximum absolute atomic E-state index is 8.46. The molecule has 2 aromatic heterocycles. The Hall–Kier alpha value is -1.55. The van der Waals surface area contributed by atoms with Gasteiger partial charge in [-0.3, -0.25) is 15.5 Å². The second-order valence-electron chi connectivity index (χ2n) is 9.14. The van der Waals surface area contributed by atoms with E-state index < -0.39 is 0 Å². The zero-order valence-electron chi connectivity index (χ0n) is 17.5. The average molecular weight is 445 g/mol. The van der Waals surface area contributed by atoms with E-state index in [1.54, 1.807) is 25.1 Å². The van der Waals surface area contributed by atoms with Gasteiger partial charge in [0.15, 0.2) is 0 Å². The van der Waals surface area contributed by atoms with Crippen LogP contribution in [0, 0.1) is 16.2 Å². The van der Waals surface area contributed by atoms with Crippen molar-refractivity contribution < 1.29 is 4.74 Å². The number of ether oxygens (including phenoxy) is 1. The molecular weight excluding hydrogens is 416 g/mol. The summed E-state index contributed by atoms with van der Waals surface area (Å²) >= 11 is 2.85. The first-order valence-electron chi connectivity index (χ1n) is 10.5. The maximum atomic E-state index is 8.46. The molecule has 0 atom stereocenters. The monoisotopic (exact) mass is 444 g/mol. The lowest BCUT2D eigenvalue weighted by Gasteiger charge is -2.47. The molecule has 2 aromatic rings. The molecule has 9 heteroatoms. The fourth-order valence-electron chi connectivity index (χ4n) is 4.07. The van der Waals surface area contributed by atoms with Gasteiger partial charge in [-0.2, -0.15) is 5.10 Å². The third kappa shape index (κ3) is 3.88. The summed E-state index contributed by atoms with van der Waals surface area (Å²) in [5.74, 6) is 1.09. The molecule has 0 bridgehead atoms. The molecule has 1 spiro atoms. The Labute approximate surface area is 185 Å². The molecule has 0 amide bonds. The first kappa shape index (κ1) is 20.4. The van der Waals surface area contributed by atoms with Crippen molar-refractivity contribution in [3.63, 3.8) is 0 Å². The van der Waals surface area contributed by atoms with Crippen molar-refractivity contribution in [3.8, 4) is 0 Å². The van der Waals surface area contributed by atoms with Crippen molar-refractivity contribution >= 4 is 45.1 Å². The van der Waals surface area contributed by atoms with E-state index in [0.29, 0.717) is 15.5 Å². The van der Waals surface area contributed by atoms with Gasteiger partial charge in [0.2, 0.25) is 0 Å². The van der Waals surface area contributed by atoms with Gasteiger partial charge >= 0.3 is 0 Å². The summed E-state index contributed by atoms with van der Waals surface area (Å²) in [6, 6.07) is 4.34. The lowest BCUT2D eigenvalue weighted by molar-refractivity contribution is -0.124. The van der Waals surface area contributed by atoms with Crippen LogP contribution >= 0.6 is 23.7 Å². The van der Waals surface area contributed by atoms with Gasteiger partial charge in [-0.1, -0.05) is 11.8 Å². The lowest BCUT2D eigenvalue weighted by Crippen LogP contribution is -2.51. The normalized spacial score (nSPS) is 21.6. The van der Waals surface area contributed by atoms with E-state index in [0.717, 1.165) is 60.9 Å². The Kier molecular flexibility index (Phi) is 5.12. The van der Waals surface area contributed by atoms with Gasteiger partial charge in [0.25, 0.3) is 0 Å². The van der Waals surface area contributed by atoms with E-state index in [-0.39, 0.29) is 5.54 Å². The van der Waals surface area contributed by atoms with Crippen LogP contribution in [0.3, 0.4) is 0 Å². The maximum Gasteiger partial charge on any atom is 0.131 e. The molecule has 7 nitrogen and oxygen atoms in total. The van der Waals surface area contributed by atoms with Gasteiger partial charge in [0.1, 0.15) is 10.9 Å². The zero-order chi connectivity index (χ0) is 20.9. The summed E-state index contributed by atoms with van der Waals surface area (Å²) in [6.07, 6.45) is 6.49. The molecule has 3 fully saturated rings. The highest BCUT2D eigenvalue weighted by atomic mass is 32.2. The van der Waals surface area contributed by atoms with Crippen LogP contribution in [-0.2, 0) is 4.74 Å². The largest absolute Gasteiger partial charge is 0.380 e. The summed E-state index contributed by atoms with van der Waals surface area (Å²) in [7, 11) is 0. The predicted molar refractivity (Wildman–Crippen MR) is 124 cm³/mol. The van der Waals surface area contributed by atoms with Crippen LogP contribution in [0.1, 0.15) is 45.1 Å². The summed E-state index contributed by atoms with van der Waals surface area (Å²) in [5, 5.41) is 21.6. The molecule has 1 aliphatic carbocycles. The van der Waals surface area contributed by atoms with Crippen LogP contribution in [0.4, 0.5) is 5.82 Å². The highest BCUT2D eigenvalue weighted by Gasteiger charge is 2.41. The van der Waals surface area contributed by atoms with Crippen molar-refractivity contribution in [1.29, 1.82) is 10.8 Å². The molecule has 3 aliphatic rings. The molecule has 160 valence electrons. The van der Waals surface area contributed by atoms with Crippen molar-refractivity contribution in [2.24, 2.45) is 5.41 Å². The molecule has 2 aliphatic heterocycles. The van der Waals surface area contributed by atoms with Crippen molar-refractivity contribution in [2.45, 2.75) is 50.0 Å². The summed E-state index contributed by atoms with van der Waals surface area (Å²) < 4.78 is 11.1. The molecule has 0 unspecified atom stereocenters. The van der Waals surface area contributed by atoms with Crippen LogP contribution in [0.5, 0.6) is 0 Å². The fraction of sp³-hybridized carbons (Fsp3) is 0.571. The number of nitrogens with zero attached hydrogens (tertiary/aromatic N) is 3. The average Bonchev–Trinajstić information content (AvgIpc) is 3.27. The molecule has 30 heavy (non-hydrogen) atoms. The molecular formula is C21H28N6OS2. The second-order valence-corrected chi connectivity index (χ2v) is 11.2. The Morgan fingerprint density at radius 2 is 1.90 bits per heavy atom. The Balaban J connectivity index is 1.48. The highest BCUT2D eigenvalue weighted by molar-refractivity contribution is 8.26. The van der Waals surface area contributed by atoms with E-state index in [1.165, 1.54) is 24.6 Å². The van der Waals surface area contributed by atoms with Gasteiger partial charge in [-0.05, 0) is 63.6 Å². The fourth-order valence-corrected chi connectivity index (χ4v) is 5.55. The Morgan fingerprint density at radius 3 is 2.50 bits per heavy atom. The molecule has 5 rings (SSSR count). The number of aromatic nitrogens is 2. The highest BCUT2D eigenvalue weighted by Crippen LogP contribution is 2.41. The number of rotatable bonds is 5. The summed E-state index contributed by atoms with van der Waals surface area (Å²) in [6.45, 7) is 7.77. The Bertz CT molecular complexity index is 1000. The topological polar surface area (TPSA) is 89.5 Å². The van der Waals surface area contributed by atoms with Gasteiger partial charge in [0, 0.05) is 28.9 Å². The molecule has 2 saturated heterocycles. The number of piperidine rings is 1. The zero-order valence-corrected chi connectivity index (χ0v) is 19.1. The molecule has 0 aromatic carbocycles. The predicted octanol–water partition coefficient (Wildman–Crippen LogP) is 4.16. The van der Waals surface area contributed by atoms with Crippen LogP contribution < -0.4 is 9.62 Å². The minimum Gasteiger partial charge on any atom is -0.380 e. The van der Waals surface area contributed by atoms with E-state index in [2.05, 4.69) is 33.8 Å². The second kappa shape index (κ2) is 7.55. The minimum absolute atomic E-state index is 0.238. The number of thioether (sulfide) groups is 1. The molecule has 1 saturated carbocycles. The van der Waals surface area contributed by atoms with Crippen LogP contribution in [0.15, 0.2) is 23.2 Å². The van der Waals surface area contributed by atoms with E-state index >= 15 is 0 Å². The lowest BCUT2D eigenvalue weighted by atomic mass is 9.77. The van der Waals surface area contributed by atoms with Crippen LogP contribution in [-0.4, -0.2) is 51.5 Å². The Morgan fingerprint density at radius 1 is 1.17 bits per heavy atom. The van der Waals surface area contributed by atoms with Gasteiger partial charge < -0.3 is 9.64 Å². The van der Waals surface area contributed by atoms with Crippen LogP contribution in [0.25, 0.3) is 5.52 Å². The van der Waals surface area contributed by atoms with Gasteiger partial charge in [-0.25, -0.2) is 4.52 Å². The first-order valence-corrected chi connectivity index (χ1v) is 12.1. The number of pyridine rings is 1. The van der Waals surface area contributed by atoms with E-state index in [1.807, 2.05) is 4.52 Å². The summed E-state index contributed by atoms with van der Waals surface area (Å²) in [4.78, 5) is 3.57. The minimum atomic E-state index is 0.238. The molecule has 0 radical (unpaired) electrons. The van der Waals surface area contributed by atoms with Crippen molar-refractivity contribution in [2.75, 3.05) is 31.2 Å². The van der Waals surface area contributed by atoms with E-state index in [4.69, 9.17) is 15.6 Å².